The highest BCUT2D eigenvalue weighted by Gasteiger charge is 2.20. The molecule has 0 heterocycles. The van der Waals surface area contributed by atoms with Crippen LogP contribution in [0.2, 0.25) is 0 Å². The molecule has 1 atom stereocenters. The van der Waals surface area contributed by atoms with Crippen molar-refractivity contribution in [2.75, 3.05) is 32.1 Å². The summed E-state index contributed by atoms with van der Waals surface area (Å²) in [5.74, 6) is 1.07. The van der Waals surface area contributed by atoms with Gasteiger partial charge >= 0.3 is 0 Å². The fourth-order valence-electron chi connectivity index (χ4n) is 1.53. The third kappa shape index (κ3) is 7.39. The maximum Gasteiger partial charge on any atom is 0.234 e. The number of hydrogen-bond acceptors (Lipinski definition) is 4. The molecule has 0 aliphatic carbocycles. The van der Waals surface area contributed by atoms with Crippen molar-refractivity contribution in [1.82, 2.24) is 10.2 Å². The van der Waals surface area contributed by atoms with Crippen LogP contribution < -0.4 is 5.32 Å². The lowest BCUT2D eigenvalue weighted by atomic mass is 10.0. The Hall–Kier alpha value is -0.550. The molecule has 0 aliphatic rings. The molecule has 1 N–H and O–H groups in total. The smallest absolute Gasteiger partial charge is 0.234 e. The lowest BCUT2D eigenvalue weighted by Gasteiger charge is -2.22. The minimum atomic E-state index is -0.364. The molecule has 0 aromatic rings. The number of nitrogens with zero attached hydrogens (tertiary/aromatic N) is 1. The van der Waals surface area contributed by atoms with E-state index in [1.165, 1.54) is 6.92 Å². The molecule has 17 heavy (non-hydrogen) atoms. The summed E-state index contributed by atoms with van der Waals surface area (Å²) in [4.78, 5) is 25.0. The molecule has 0 saturated heterocycles. The van der Waals surface area contributed by atoms with E-state index in [1.54, 1.807) is 11.8 Å². The highest BCUT2D eigenvalue weighted by Crippen LogP contribution is 2.02. The molecule has 0 aromatic heterocycles. The Balaban J connectivity index is 4.10. The van der Waals surface area contributed by atoms with Gasteiger partial charge in [0.15, 0.2) is 5.78 Å². The average Bonchev–Trinajstić information content (AvgIpc) is 2.22. The Morgan fingerprint density at radius 3 is 2.35 bits per heavy atom. The van der Waals surface area contributed by atoms with Crippen LogP contribution in [0.4, 0.5) is 0 Å². The first kappa shape index (κ1) is 16.4. The Kier molecular flexibility index (Phi) is 8.25. The Morgan fingerprint density at radius 1 is 1.35 bits per heavy atom. The highest BCUT2D eigenvalue weighted by atomic mass is 32.2. The number of thioether (sulfide) groups is 1. The molecule has 0 aromatic carbocycles. The second-order valence-electron chi connectivity index (χ2n) is 4.63. The zero-order chi connectivity index (χ0) is 13.4. The van der Waals surface area contributed by atoms with E-state index in [2.05, 4.69) is 5.32 Å². The number of nitrogens with one attached hydrogen (secondary N) is 1. The summed E-state index contributed by atoms with van der Waals surface area (Å²) in [6.07, 6.45) is 2.04. The average molecular weight is 260 g/mol. The summed E-state index contributed by atoms with van der Waals surface area (Å²) in [5, 5.41) is 2.79. The van der Waals surface area contributed by atoms with Crippen LogP contribution in [0.3, 0.4) is 0 Å². The fraction of sp³-hybridized carbons (Fsp3) is 0.833. The summed E-state index contributed by atoms with van der Waals surface area (Å²) in [6.45, 7) is 6.61. The number of hydrogen-bond donors (Lipinski definition) is 1. The van der Waals surface area contributed by atoms with Crippen LogP contribution in [-0.2, 0) is 9.59 Å². The topological polar surface area (TPSA) is 49.4 Å². The third-order valence-corrected chi connectivity index (χ3v) is 3.10. The summed E-state index contributed by atoms with van der Waals surface area (Å²) in [7, 11) is 1.91. The summed E-state index contributed by atoms with van der Waals surface area (Å²) in [6, 6.07) is -0.364. The van der Waals surface area contributed by atoms with Gasteiger partial charge in [0, 0.05) is 12.3 Å². The summed E-state index contributed by atoms with van der Waals surface area (Å²) >= 11 is 1.75. The lowest BCUT2D eigenvalue weighted by Crippen LogP contribution is -2.47. The molecule has 0 bridgehead atoms. The Morgan fingerprint density at radius 2 is 1.94 bits per heavy atom. The van der Waals surface area contributed by atoms with Gasteiger partial charge in [-0.15, -0.1) is 0 Å². The number of carbonyl (C=O) groups is 2. The van der Waals surface area contributed by atoms with Crippen LogP contribution in [0.25, 0.3) is 0 Å². The van der Waals surface area contributed by atoms with E-state index in [0.717, 1.165) is 12.3 Å². The minimum Gasteiger partial charge on any atom is -0.345 e. The van der Waals surface area contributed by atoms with Crippen molar-refractivity contribution in [3.05, 3.63) is 0 Å². The van der Waals surface area contributed by atoms with Gasteiger partial charge in [-0.25, -0.2) is 0 Å². The standard InChI is InChI=1S/C12H24N2O2S/c1-9(2)12(10(3)15)13-11(16)8-14(4)6-7-17-5/h9,12H,6-8H2,1-5H3,(H,13,16). The monoisotopic (exact) mass is 260 g/mol. The van der Waals surface area contributed by atoms with Crippen molar-refractivity contribution in [1.29, 1.82) is 0 Å². The predicted molar refractivity (Wildman–Crippen MR) is 73.3 cm³/mol. The van der Waals surface area contributed by atoms with Gasteiger partial charge in [-0.3, -0.25) is 14.5 Å². The maximum absolute atomic E-state index is 11.7. The minimum absolute atomic E-state index is 0.0140. The quantitative estimate of drug-likeness (QED) is 0.708. The predicted octanol–water partition coefficient (Wildman–Crippen LogP) is 1.01. The zero-order valence-corrected chi connectivity index (χ0v) is 12.3. The number of amides is 1. The van der Waals surface area contributed by atoms with Crippen molar-refractivity contribution >= 4 is 23.5 Å². The van der Waals surface area contributed by atoms with Crippen LogP contribution in [0.1, 0.15) is 20.8 Å². The van der Waals surface area contributed by atoms with E-state index in [9.17, 15) is 9.59 Å². The van der Waals surface area contributed by atoms with E-state index in [0.29, 0.717) is 6.54 Å². The molecule has 0 saturated carbocycles. The van der Waals surface area contributed by atoms with Crippen LogP contribution >= 0.6 is 11.8 Å². The van der Waals surface area contributed by atoms with Gasteiger partial charge < -0.3 is 5.32 Å². The van der Waals surface area contributed by atoms with Crippen LogP contribution in [0.15, 0.2) is 0 Å². The number of carbonyl (C=O) groups excluding carboxylic acids is 2. The van der Waals surface area contributed by atoms with Crippen molar-refractivity contribution in [2.45, 2.75) is 26.8 Å². The molecule has 100 valence electrons. The Labute approximate surface area is 109 Å². The molecule has 4 nitrogen and oxygen atoms in total. The second kappa shape index (κ2) is 8.53. The van der Waals surface area contributed by atoms with Gasteiger partial charge in [0.25, 0.3) is 0 Å². The van der Waals surface area contributed by atoms with Crippen molar-refractivity contribution in [2.24, 2.45) is 5.92 Å². The number of Topliss-reactive ketones (excluding diaryl/α,β-unsaturated/α-hetero) is 1. The number of rotatable bonds is 8. The molecule has 0 fully saturated rings. The first-order chi connectivity index (χ1) is 7.88. The van der Waals surface area contributed by atoms with E-state index < -0.39 is 0 Å². The second-order valence-corrected chi connectivity index (χ2v) is 5.62. The van der Waals surface area contributed by atoms with Gasteiger partial charge in [-0.05, 0) is 26.1 Å². The summed E-state index contributed by atoms with van der Waals surface area (Å²) < 4.78 is 0. The van der Waals surface area contributed by atoms with E-state index >= 15 is 0 Å². The molecule has 0 rings (SSSR count). The van der Waals surface area contributed by atoms with Crippen molar-refractivity contribution in [3.63, 3.8) is 0 Å². The Bertz CT molecular complexity index is 257. The molecule has 0 radical (unpaired) electrons. The molecular formula is C12H24N2O2S. The summed E-state index contributed by atoms with van der Waals surface area (Å²) in [5.41, 5.74) is 0. The van der Waals surface area contributed by atoms with Gasteiger partial charge in [0.05, 0.1) is 12.6 Å². The van der Waals surface area contributed by atoms with E-state index in [1.807, 2.05) is 32.1 Å². The van der Waals surface area contributed by atoms with Crippen LogP contribution in [-0.4, -0.2) is 54.8 Å². The molecule has 0 spiro atoms. The van der Waals surface area contributed by atoms with Gasteiger partial charge in [0.2, 0.25) is 5.91 Å². The van der Waals surface area contributed by atoms with Crippen molar-refractivity contribution in [3.8, 4) is 0 Å². The van der Waals surface area contributed by atoms with E-state index in [4.69, 9.17) is 0 Å². The van der Waals surface area contributed by atoms with Crippen LogP contribution in [0, 0.1) is 5.92 Å². The van der Waals surface area contributed by atoms with Gasteiger partial charge in [-0.2, -0.15) is 11.8 Å². The third-order valence-electron chi connectivity index (χ3n) is 2.51. The fourth-order valence-corrected chi connectivity index (χ4v) is 2.02. The lowest BCUT2D eigenvalue weighted by molar-refractivity contribution is -0.128. The van der Waals surface area contributed by atoms with Crippen molar-refractivity contribution < 1.29 is 9.59 Å². The zero-order valence-electron chi connectivity index (χ0n) is 11.4. The largest absolute Gasteiger partial charge is 0.345 e. The number of ketones is 1. The molecule has 1 amide bonds. The van der Waals surface area contributed by atoms with Crippen LogP contribution in [0.5, 0.6) is 0 Å². The number of likely N-dealkylation sites (N-methyl/N-ethyl adjacent to an activating group) is 1. The SMILES string of the molecule is CSCCN(C)CC(=O)NC(C(C)=O)C(C)C. The molecule has 1 unspecified atom stereocenters. The highest BCUT2D eigenvalue weighted by molar-refractivity contribution is 7.98. The van der Waals surface area contributed by atoms with Gasteiger partial charge in [0.1, 0.15) is 0 Å². The normalized spacial score (nSPS) is 12.9. The first-order valence-corrected chi connectivity index (χ1v) is 7.25. The van der Waals surface area contributed by atoms with Gasteiger partial charge in [-0.1, -0.05) is 13.8 Å². The molecular weight excluding hydrogens is 236 g/mol. The van der Waals surface area contributed by atoms with E-state index in [-0.39, 0.29) is 23.7 Å². The first-order valence-electron chi connectivity index (χ1n) is 5.85. The molecule has 0 aliphatic heterocycles. The molecule has 5 heteroatoms. The maximum atomic E-state index is 11.7.